The predicted molar refractivity (Wildman–Crippen MR) is 47.2 cm³/mol. The Labute approximate surface area is 69.4 Å². The van der Waals surface area contributed by atoms with Crippen molar-refractivity contribution in [2.24, 2.45) is 23.5 Å². The van der Waals surface area contributed by atoms with Crippen LogP contribution in [-0.2, 0) is 0 Å². The Morgan fingerprint density at radius 3 is 2.36 bits per heavy atom. The van der Waals surface area contributed by atoms with Crippen LogP contribution >= 0.6 is 0 Å². The van der Waals surface area contributed by atoms with Crippen LogP contribution in [0.25, 0.3) is 0 Å². The number of hydrogen-bond acceptors (Lipinski definition) is 1. The summed E-state index contributed by atoms with van der Waals surface area (Å²) in [5.41, 5.74) is 5.60. The monoisotopic (exact) mass is 153 g/mol. The van der Waals surface area contributed by atoms with E-state index in [0.717, 1.165) is 24.3 Å². The van der Waals surface area contributed by atoms with E-state index in [1.807, 2.05) is 0 Å². The highest BCUT2D eigenvalue weighted by Gasteiger charge is 2.37. The van der Waals surface area contributed by atoms with Gasteiger partial charge in [-0.25, -0.2) is 0 Å². The molecule has 2 rings (SSSR count). The fourth-order valence-electron chi connectivity index (χ4n) is 2.56. The minimum absolute atomic E-state index is 0.913. The molecule has 2 N–H and O–H groups in total. The summed E-state index contributed by atoms with van der Waals surface area (Å²) in [7, 11) is 0. The first kappa shape index (κ1) is 7.60. The van der Waals surface area contributed by atoms with Gasteiger partial charge in [-0.2, -0.15) is 0 Å². The first-order valence-corrected chi connectivity index (χ1v) is 5.10. The van der Waals surface area contributed by atoms with E-state index in [4.69, 9.17) is 5.73 Å². The summed E-state index contributed by atoms with van der Waals surface area (Å²) in [5.74, 6) is 3.02. The average Bonchev–Trinajstić information content (AvgIpc) is 2.54. The van der Waals surface area contributed by atoms with Crippen LogP contribution in [-0.4, -0.2) is 6.54 Å². The van der Waals surface area contributed by atoms with Crippen molar-refractivity contribution in [3.8, 4) is 0 Å². The van der Waals surface area contributed by atoms with E-state index in [0.29, 0.717) is 0 Å². The first-order valence-electron chi connectivity index (χ1n) is 5.10. The minimum atomic E-state index is 0.913. The third kappa shape index (κ3) is 1.76. The summed E-state index contributed by atoms with van der Waals surface area (Å²) in [4.78, 5) is 0. The summed E-state index contributed by atoms with van der Waals surface area (Å²) in [6, 6.07) is 0. The zero-order chi connectivity index (χ0) is 7.68. The molecule has 0 heterocycles. The van der Waals surface area contributed by atoms with Crippen molar-refractivity contribution in [3.63, 3.8) is 0 Å². The second-order valence-electron chi connectivity index (χ2n) is 4.38. The van der Waals surface area contributed by atoms with Crippen molar-refractivity contribution < 1.29 is 0 Å². The molecule has 2 saturated carbocycles. The van der Waals surface area contributed by atoms with Crippen LogP contribution in [0.4, 0.5) is 0 Å². The highest BCUT2D eigenvalue weighted by Crippen LogP contribution is 2.45. The van der Waals surface area contributed by atoms with Gasteiger partial charge in [0.15, 0.2) is 0 Å². The molecule has 2 aliphatic carbocycles. The van der Waals surface area contributed by atoms with E-state index in [1.54, 1.807) is 0 Å². The number of hydrogen-bond donors (Lipinski definition) is 1. The van der Waals surface area contributed by atoms with Crippen molar-refractivity contribution in [3.05, 3.63) is 0 Å². The molecule has 2 aliphatic rings. The molecule has 0 aromatic rings. The quantitative estimate of drug-likeness (QED) is 0.660. The largest absolute Gasteiger partial charge is 0.330 e. The van der Waals surface area contributed by atoms with Crippen molar-refractivity contribution >= 4 is 0 Å². The lowest BCUT2D eigenvalue weighted by Crippen LogP contribution is -2.04. The summed E-state index contributed by atoms with van der Waals surface area (Å²) >= 11 is 0. The number of rotatable bonds is 3. The van der Waals surface area contributed by atoms with Crippen LogP contribution in [0, 0.1) is 17.8 Å². The maximum absolute atomic E-state index is 5.60. The maximum atomic E-state index is 5.60. The van der Waals surface area contributed by atoms with Crippen LogP contribution in [0.5, 0.6) is 0 Å². The Morgan fingerprint density at radius 2 is 1.82 bits per heavy atom. The van der Waals surface area contributed by atoms with Gasteiger partial charge < -0.3 is 5.73 Å². The van der Waals surface area contributed by atoms with Crippen LogP contribution in [0.1, 0.15) is 38.5 Å². The predicted octanol–water partition coefficient (Wildman–Crippen LogP) is 2.16. The SMILES string of the molecule is NC[C@@H]1C[C@H]1CC1CCCC1. The van der Waals surface area contributed by atoms with Gasteiger partial charge in [0, 0.05) is 0 Å². The van der Waals surface area contributed by atoms with E-state index < -0.39 is 0 Å². The topological polar surface area (TPSA) is 26.0 Å². The van der Waals surface area contributed by atoms with Gasteiger partial charge in [0.25, 0.3) is 0 Å². The van der Waals surface area contributed by atoms with Crippen molar-refractivity contribution in [1.82, 2.24) is 0 Å². The van der Waals surface area contributed by atoms with Gasteiger partial charge in [-0.3, -0.25) is 0 Å². The Hall–Kier alpha value is -0.0400. The molecule has 0 aromatic carbocycles. The molecule has 0 amide bonds. The lowest BCUT2D eigenvalue weighted by Gasteiger charge is -2.06. The summed E-state index contributed by atoms with van der Waals surface area (Å²) in [6.07, 6.45) is 8.94. The third-order valence-electron chi connectivity index (χ3n) is 3.48. The molecule has 0 radical (unpaired) electrons. The molecule has 1 heteroatoms. The molecule has 64 valence electrons. The fraction of sp³-hybridized carbons (Fsp3) is 1.00. The Bertz CT molecular complexity index is 127. The lowest BCUT2D eigenvalue weighted by atomic mass is 10.00. The molecular formula is C10H19N. The highest BCUT2D eigenvalue weighted by atomic mass is 14.6. The van der Waals surface area contributed by atoms with Gasteiger partial charge >= 0.3 is 0 Å². The van der Waals surface area contributed by atoms with Crippen LogP contribution in [0.15, 0.2) is 0 Å². The molecular weight excluding hydrogens is 134 g/mol. The van der Waals surface area contributed by atoms with Gasteiger partial charge in [0.05, 0.1) is 0 Å². The molecule has 0 unspecified atom stereocenters. The summed E-state index contributed by atoms with van der Waals surface area (Å²) in [5, 5.41) is 0. The van der Waals surface area contributed by atoms with E-state index in [2.05, 4.69) is 0 Å². The molecule has 0 saturated heterocycles. The van der Waals surface area contributed by atoms with Crippen molar-refractivity contribution in [2.45, 2.75) is 38.5 Å². The minimum Gasteiger partial charge on any atom is -0.330 e. The fourth-order valence-corrected chi connectivity index (χ4v) is 2.56. The lowest BCUT2D eigenvalue weighted by molar-refractivity contribution is 0.454. The first-order chi connectivity index (χ1) is 5.40. The molecule has 0 spiro atoms. The van der Waals surface area contributed by atoms with Gasteiger partial charge in [-0.15, -0.1) is 0 Å². The summed E-state index contributed by atoms with van der Waals surface area (Å²) < 4.78 is 0. The van der Waals surface area contributed by atoms with E-state index in [9.17, 15) is 0 Å². The van der Waals surface area contributed by atoms with E-state index >= 15 is 0 Å². The van der Waals surface area contributed by atoms with Crippen molar-refractivity contribution in [2.75, 3.05) is 6.54 Å². The molecule has 0 aliphatic heterocycles. The second-order valence-corrected chi connectivity index (χ2v) is 4.38. The number of nitrogens with two attached hydrogens (primary N) is 1. The molecule has 0 aromatic heterocycles. The van der Waals surface area contributed by atoms with Gasteiger partial charge in [-0.05, 0) is 37.1 Å². The smallest absolute Gasteiger partial charge is 0.00461 e. The summed E-state index contributed by atoms with van der Waals surface area (Å²) in [6.45, 7) is 0.942. The van der Waals surface area contributed by atoms with Crippen LogP contribution in [0.2, 0.25) is 0 Å². The van der Waals surface area contributed by atoms with E-state index in [-0.39, 0.29) is 0 Å². The Morgan fingerprint density at radius 1 is 1.09 bits per heavy atom. The third-order valence-corrected chi connectivity index (χ3v) is 3.48. The molecule has 2 atom stereocenters. The Kier molecular flexibility index (Phi) is 2.17. The molecule has 2 fully saturated rings. The van der Waals surface area contributed by atoms with Gasteiger partial charge in [-0.1, -0.05) is 25.7 Å². The molecule has 0 bridgehead atoms. The molecule has 1 nitrogen and oxygen atoms in total. The van der Waals surface area contributed by atoms with Gasteiger partial charge in [0.2, 0.25) is 0 Å². The highest BCUT2D eigenvalue weighted by molar-refractivity contribution is 4.89. The average molecular weight is 153 g/mol. The van der Waals surface area contributed by atoms with Gasteiger partial charge in [0.1, 0.15) is 0 Å². The zero-order valence-corrected chi connectivity index (χ0v) is 7.26. The van der Waals surface area contributed by atoms with Crippen LogP contribution in [0.3, 0.4) is 0 Å². The normalized spacial score (nSPS) is 37.9. The zero-order valence-electron chi connectivity index (χ0n) is 7.26. The second kappa shape index (κ2) is 3.14. The van der Waals surface area contributed by atoms with E-state index in [1.165, 1.54) is 38.5 Å². The Balaban J connectivity index is 1.66. The van der Waals surface area contributed by atoms with Crippen molar-refractivity contribution in [1.29, 1.82) is 0 Å². The maximum Gasteiger partial charge on any atom is -0.00461 e. The van der Waals surface area contributed by atoms with Crippen LogP contribution < -0.4 is 5.73 Å². The molecule has 11 heavy (non-hydrogen) atoms. The standard InChI is InChI=1S/C10H19N/c11-7-10-6-9(10)5-8-3-1-2-4-8/h8-10H,1-7,11H2/t9-,10+/m1/s1.